The van der Waals surface area contributed by atoms with Crippen molar-refractivity contribution in [2.24, 2.45) is 9.98 Å². The maximum Gasteiger partial charge on any atom is 0.124 e. The summed E-state index contributed by atoms with van der Waals surface area (Å²) in [6.45, 7) is 0. The monoisotopic (exact) mass is 456 g/mol. The Balaban J connectivity index is 1.82. The molecule has 2 atom stereocenters. The van der Waals surface area contributed by atoms with Crippen LogP contribution in [0, 0.1) is 11.6 Å². The second kappa shape index (κ2) is 10.5. The molecule has 0 aliphatic rings. The number of aliphatic imine (C=N–C) groups is 2. The summed E-state index contributed by atoms with van der Waals surface area (Å²) in [7, 11) is 0. The highest BCUT2D eigenvalue weighted by atomic mass is 19.1. The maximum absolute atomic E-state index is 13.7. The van der Waals surface area contributed by atoms with Crippen molar-refractivity contribution >= 4 is 12.4 Å². The van der Waals surface area contributed by atoms with E-state index < -0.39 is 12.1 Å². The van der Waals surface area contributed by atoms with Crippen molar-refractivity contribution < 1.29 is 19.0 Å². The molecule has 0 spiro atoms. The van der Waals surface area contributed by atoms with E-state index in [2.05, 4.69) is 0 Å². The molecule has 4 rings (SSSR count). The van der Waals surface area contributed by atoms with Crippen LogP contribution in [0.2, 0.25) is 0 Å². The SMILES string of the molecule is Oc1ccccc1C=N[C@H](c1ccc(F)cc1)[C@H](N=Cc1ccccc1O)c1ccc(F)cc1. The van der Waals surface area contributed by atoms with Gasteiger partial charge in [0.15, 0.2) is 0 Å². The fourth-order valence-electron chi connectivity index (χ4n) is 3.53. The van der Waals surface area contributed by atoms with Crippen molar-refractivity contribution in [3.05, 3.63) is 131 Å². The second-order valence-corrected chi connectivity index (χ2v) is 7.67. The summed E-state index contributed by atoms with van der Waals surface area (Å²) in [5, 5.41) is 20.3. The number of para-hydroxylation sites is 2. The van der Waals surface area contributed by atoms with Crippen molar-refractivity contribution in [1.29, 1.82) is 0 Å². The largest absolute Gasteiger partial charge is 0.507 e. The third-order valence-corrected chi connectivity index (χ3v) is 5.34. The van der Waals surface area contributed by atoms with Gasteiger partial charge in [0, 0.05) is 23.6 Å². The van der Waals surface area contributed by atoms with E-state index in [0.717, 1.165) is 0 Å². The molecule has 34 heavy (non-hydrogen) atoms. The summed E-state index contributed by atoms with van der Waals surface area (Å²) in [6, 6.07) is 24.1. The van der Waals surface area contributed by atoms with Crippen LogP contribution in [0.25, 0.3) is 0 Å². The molecule has 0 radical (unpaired) electrons. The summed E-state index contributed by atoms with van der Waals surface area (Å²) in [5.74, 6) is -0.633. The zero-order valence-corrected chi connectivity index (χ0v) is 18.1. The number of phenols is 2. The van der Waals surface area contributed by atoms with Gasteiger partial charge in [0.1, 0.15) is 35.2 Å². The van der Waals surface area contributed by atoms with Crippen molar-refractivity contribution in [2.45, 2.75) is 12.1 Å². The van der Waals surface area contributed by atoms with E-state index in [1.807, 2.05) is 0 Å². The Morgan fingerprint density at radius 2 is 0.882 bits per heavy atom. The third-order valence-electron chi connectivity index (χ3n) is 5.34. The lowest BCUT2D eigenvalue weighted by molar-refractivity contribution is 0.473. The summed E-state index contributed by atoms with van der Waals surface area (Å²) < 4.78 is 27.3. The van der Waals surface area contributed by atoms with Gasteiger partial charge in [0.2, 0.25) is 0 Å². The molecule has 0 aromatic heterocycles. The van der Waals surface area contributed by atoms with E-state index in [1.165, 1.54) is 36.7 Å². The number of rotatable bonds is 7. The first-order chi connectivity index (χ1) is 16.5. The first kappa shape index (κ1) is 22.9. The van der Waals surface area contributed by atoms with Crippen molar-refractivity contribution in [3.8, 4) is 11.5 Å². The van der Waals surface area contributed by atoms with Crippen LogP contribution in [0.4, 0.5) is 8.78 Å². The zero-order chi connectivity index (χ0) is 23.9. The first-order valence-corrected chi connectivity index (χ1v) is 10.6. The summed E-state index contributed by atoms with van der Waals surface area (Å²) in [4.78, 5) is 9.42. The summed E-state index contributed by atoms with van der Waals surface area (Å²) in [6.07, 6.45) is 3.07. The predicted octanol–water partition coefficient (Wildman–Crippen LogP) is 6.40. The smallest absolute Gasteiger partial charge is 0.124 e. The quantitative estimate of drug-likeness (QED) is 0.316. The van der Waals surface area contributed by atoms with Gasteiger partial charge in [0.05, 0.1) is 0 Å². The van der Waals surface area contributed by atoms with Gasteiger partial charge in [-0.3, -0.25) is 9.98 Å². The van der Waals surface area contributed by atoms with Crippen molar-refractivity contribution in [2.75, 3.05) is 0 Å². The van der Waals surface area contributed by atoms with Crippen molar-refractivity contribution in [3.63, 3.8) is 0 Å². The van der Waals surface area contributed by atoms with E-state index in [9.17, 15) is 19.0 Å². The Morgan fingerprint density at radius 1 is 0.529 bits per heavy atom. The molecule has 0 saturated carbocycles. The average Bonchev–Trinajstić information content (AvgIpc) is 2.84. The molecule has 0 aliphatic carbocycles. The number of benzene rings is 4. The van der Waals surface area contributed by atoms with E-state index in [0.29, 0.717) is 22.3 Å². The van der Waals surface area contributed by atoms with Crippen LogP contribution in [-0.2, 0) is 0 Å². The summed E-state index contributed by atoms with van der Waals surface area (Å²) in [5.41, 5.74) is 2.38. The van der Waals surface area contributed by atoms with E-state index >= 15 is 0 Å². The Hall–Kier alpha value is -4.32. The lowest BCUT2D eigenvalue weighted by Crippen LogP contribution is -2.09. The fourth-order valence-corrected chi connectivity index (χ4v) is 3.53. The highest BCUT2D eigenvalue weighted by molar-refractivity contribution is 5.84. The lowest BCUT2D eigenvalue weighted by Gasteiger charge is -2.22. The van der Waals surface area contributed by atoms with E-state index in [1.54, 1.807) is 72.8 Å². The van der Waals surface area contributed by atoms with Gasteiger partial charge >= 0.3 is 0 Å². The molecular weight excluding hydrogens is 434 g/mol. The van der Waals surface area contributed by atoms with Crippen LogP contribution in [0.3, 0.4) is 0 Å². The standard InChI is InChI=1S/C28H22F2N2O2/c29-23-13-9-19(10-14-23)27(31-17-21-5-1-3-7-25(21)33)28(20-11-15-24(30)16-12-20)32-18-22-6-2-4-8-26(22)34/h1-18,27-28,33-34H/t27-,28-/m1/s1. The van der Waals surface area contributed by atoms with Gasteiger partial charge in [-0.1, -0.05) is 48.5 Å². The Morgan fingerprint density at radius 3 is 1.24 bits per heavy atom. The molecule has 2 N–H and O–H groups in total. The molecule has 6 heteroatoms. The van der Waals surface area contributed by atoms with Crippen LogP contribution in [-0.4, -0.2) is 22.6 Å². The predicted molar refractivity (Wildman–Crippen MR) is 130 cm³/mol. The topological polar surface area (TPSA) is 65.2 Å². The molecular formula is C28H22F2N2O2. The molecule has 4 aromatic rings. The molecule has 0 unspecified atom stereocenters. The van der Waals surface area contributed by atoms with Crippen LogP contribution in [0.1, 0.15) is 34.3 Å². The van der Waals surface area contributed by atoms with Gasteiger partial charge < -0.3 is 10.2 Å². The molecule has 0 heterocycles. The normalized spacial score (nSPS) is 13.4. The van der Waals surface area contributed by atoms with Gasteiger partial charge in [-0.15, -0.1) is 0 Å². The lowest BCUT2D eigenvalue weighted by atomic mass is 9.94. The molecule has 0 saturated heterocycles. The van der Waals surface area contributed by atoms with E-state index in [4.69, 9.17) is 9.98 Å². The Bertz CT molecular complexity index is 1200. The van der Waals surface area contributed by atoms with Crippen LogP contribution in [0.15, 0.2) is 107 Å². The molecule has 0 fully saturated rings. The minimum atomic E-state index is -0.632. The number of aromatic hydroxyl groups is 2. The van der Waals surface area contributed by atoms with Crippen molar-refractivity contribution in [1.82, 2.24) is 0 Å². The minimum Gasteiger partial charge on any atom is -0.507 e. The van der Waals surface area contributed by atoms with E-state index in [-0.39, 0.29) is 23.1 Å². The van der Waals surface area contributed by atoms with Gasteiger partial charge in [-0.05, 0) is 59.7 Å². The molecule has 0 amide bonds. The van der Waals surface area contributed by atoms with Crippen LogP contribution in [0.5, 0.6) is 11.5 Å². The second-order valence-electron chi connectivity index (χ2n) is 7.67. The molecule has 170 valence electrons. The molecule has 0 bridgehead atoms. The third kappa shape index (κ3) is 5.53. The number of hydrogen-bond donors (Lipinski definition) is 2. The average molecular weight is 456 g/mol. The maximum atomic E-state index is 13.7. The molecule has 0 aliphatic heterocycles. The number of hydrogen-bond acceptors (Lipinski definition) is 4. The first-order valence-electron chi connectivity index (χ1n) is 10.6. The van der Waals surface area contributed by atoms with Gasteiger partial charge in [-0.25, -0.2) is 8.78 Å². The number of halogens is 2. The van der Waals surface area contributed by atoms with Crippen LogP contribution >= 0.6 is 0 Å². The highest BCUT2D eigenvalue weighted by Crippen LogP contribution is 2.36. The van der Waals surface area contributed by atoms with Crippen LogP contribution < -0.4 is 0 Å². The summed E-state index contributed by atoms with van der Waals surface area (Å²) >= 11 is 0. The van der Waals surface area contributed by atoms with Gasteiger partial charge in [-0.2, -0.15) is 0 Å². The zero-order valence-electron chi connectivity index (χ0n) is 18.1. The number of phenolic OH excluding ortho intramolecular Hbond substituents is 2. The minimum absolute atomic E-state index is 0.0696. The van der Waals surface area contributed by atoms with Gasteiger partial charge in [0.25, 0.3) is 0 Å². The molecule has 4 aromatic carbocycles. The Labute approximate surface area is 196 Å². The highest BCUT2D eigenvalue weighted by Gasteiger charge is 2.24. The Kier molecular flexibility index (Phi) is 7.08. The number of nitrogens with zero attached hydrogens (tertiary/aromatic N) is 2. The molecule has 4 nitrogen and oxygen atoms in total. The fraction of sp³-hybridized carbons (Fsp3) is 0.0714.